The number of benzene rings is 1. The van der Waals surface area contributed by atoms with Crippen LogP contribution in [0.25, 0.3) is 0 Å². The maximum absolute atomic E-state index is 12.7. The van der Waals surface area contributed by atoms with Gasteiger partial charge in [0, 0.05) is 9.92 Å². The molecule has 2 rings (SSSR count). The fourth-order valence-corrected chi connectivity index (χ4v) is 4.51. The van der Waals surface area contributed by atoms with Gasteiger partial charge in [0.15, 0.2) is 0 Å². The Morgan fingerprint density at radius 1 is 1.10 bits per heavy atom. The number of hydrogen-bond donors (Lipinski definition) is 1. The molecule has 0 radical (unpaired) electrons. The second-order valence-electron chi connectivity index (χ2n) is 5.90. The minimum atomic E-state index is -0.592. The first-order chi connectivity index (χ1) is 13.8. The van der Waals surface area contributed by atoms with Crippen molar-refractivity contribution in [2.75, 3.05) is 18.5 Å². The van der Waals surface area contributed by atoms with E-state index in [9.17, 15) is 14.4 Å². The molecule has 0 aliphatic rings. The molecule has 1 aromatic heterocycles. The van der Waals surface area contributed by atoms with Gasteiger partial charge in [-0.05, 0) is 57.5 Å². The van der Waals surface area contributed by atoms with E-state index in [0.29, 0.717) is 10.6 Å². The van der Waals surface area contributed by atoms with E-state index in [1.54, 1.807) is 39.8 Å². The number of rotatable bonds is 8. The molecule has 2 aromatic rings. The second-order valence-corrected chi connectivity index (χ2v) is 8.78. The number of ether oxygens (including phenoxy) is 2. The third kappa shape index (κ3) is 5.98. The first-order valence-corrected chi connectivity index (χ1v) is 11.1. The Hall–Kier alpha value is -2.03. The molecule has 6 nitrogen and oxygen atoms in total. The molecule has 0 bridgehead atoms. The summed E-state index contributed by atoms with van der Waals surface area (Å²) in [5.41, 5.74) is 0.608. The summed E-state index contributed by atoms with van der Waals surface area (Å²) in [6, 6.07) is 7.16. The maximum Gasteiger partial charge on any atom is 0.348 e. The predicted octanol–water partition coefficient (Wildman–Crippen LogP) is 5.18. The molecule has 0 fully saturated rings. The lowest BCUT2D eigenvalue weighted by molar-refractivity contribution is -0.115. The fourth-order valence-electron chi connectivity index (χ4n) is 2.43. The zero-order valence-electron chi connectivity index (χ0n) is 16.5. The van der Waals surface area contributed by atoms with Crippen molar-refractivity contribution in [3.8, 4) is 0 Å². The van der Waals surface area contributed by atoms with Crippen molar-refractivity contribution in [3.63, 3.8) is 0 Å². The average Bonchev–Trinajstić information content (AvgIpc) is 3.00. The quantitative estimate of drug-likeness (QED) is 0.436. The van der Waals surface area contributed by atoms with E-state index in [1.165, 1.54) is 11.8 Å². The lowest BCUT2D eigenvalue weighted by Gasteiger charge is -2.12. The van der Waals surface area contributed by atoms with Crippen molar-refractivity contribution in [1.82, 2.24) is 0 Å². The highest BCUT2D eigenvalue weighted by molar-refractivity contribution is 8.00. The largest absolute Gasteiger partial charge is 0.462 e. The molecule has 0 saturated carbocycles. The van der Waals surface area contributed by atoms with Crippen molar-refractivity contribution >= 4 is 57.5 Å². The van der Waals surface area contributed by atoms with Crippen molar-refractivity contribution in [1.29, 1.82) is 0 Å². The Bertz CT molecular complexity index is 895. The van der Waals surface area contributed by atoms with Gasteiger partial charge in [-0.25, -0.2) is 9.59 Å². The number of thioether (sulfide) groups is 1. The molecule has 0 spiro atoms. The van der Waals surface area contributed by atoms with E-state index in [-0.39, 0.29) is 34.6 Å². The summed E-state index contributed by atoms with van der Waals surface area (Å²) in [5, 5.41) is 3.21. The minimum Gasteiger partial charge on any atom is -0.462 e. The van der Waals surface area contributed by atoms with Crippen molar-refractivity contribution in [2.45, 2.75) is 37.8 Å². The summed E-state index contributed by atoms with van der Waals surface area (Å²) in [4.78, 5) is 38.5. The SMILES string of the molecule is CCOC(=O)c1sc(NC(=O)[C@@H](C)Sc2ccc(Cl)cc2)c(C(=O)OCC)c1C. The number of halogens is 1. The lowest BCUT2D eigenvalue weighted by Crippen LogP contribution is -2.23. The Labute approximate surface area is 182 Å². The van der Waals surface area contributed by atoms with E-state index in [2.05, 4.69) is 5.32 Å². The molecule has 1 atom stereocenters. The van der Waals surface area contributed by atoms with Crippen LogP contribution in [-0.4, -0.2) is 36.3 Å². The lowest BCUT2D eigenvalue weighted by atomic mass is 10.1. The first-order valence-electron chi connectivity index (χ1n) is 8.99. The van der Waals surface area contributed by atoms with E-state index in [4.69, 9.17) is 21.1 Å². The molecule has 0 unspecified atom stereocenters. The maximum atomic E-state index is 12.7. The molecule has 1 aromatic carbocycles. The Kier molecular flexibility index (Phi) is 8.55. The van der Waals surface area contributed by atoms with Crippen LogP contribution in [0.1, 0.15) is 46.4 Å². The van der Waals surface area contributed by atoms with E-state index in [0.717, 1.165) is 16.2 Å². The van der Waals surface area contributed by atoms with E-state index < -0.39 is 17.2 Å². The van der Waals surface area contributed by atoms with Crippen LogP contribution in [-0.2, 0) is 14.3 Å². The normalized spacial score (nSPS) is 11.6. The molecule has 0 aliphatic carbocycles. The summed E-state index contributed by atoms with van der Waals surface area (Å²) in [5.74, 6) is -1.43. The number of hydrogen-bond acceptors (Lipinski definition) is 7. The fraction of sp³-hybridized carbons (Fsp3) is 0.350. The molecular weight excluding hydrogens is 434 g/mol. The number of thiophene rings is 1. The van der Waals surface area contributed by atoms with E-state index >= 15 is 0 Å². The molecule has 0 aliphatic heterocycles. The summed E-state index contributed by atoms with van der Waals surface area (Å²) in [7, 11) is 0. The highest BCUT2D eigenvalue weighted by Gasteiger charge is 2.28. The molecule has 9 heteroatoms. The number of amides is 1. The molecular formula is C20H22ClNO5S2. The van der Waals surface area contributed by atoms with Gasteiger partial charge in [0.1, 0.15) is 9.88 Å². The van der Waals surface area contributed by atoms with Gasteiger partial charge in [0.05, 0.1) is 24.0 Å². The predicted molar refractivity (Wildman–Crippen MR) is 116 cm³/mol. The van der Waals surface area contributed by atoms with Gasteiger partial charge in [-0.3, -0.25) is 4.79 Å². The number of anilines is 1. The standard InChI is InChI=1S/C20H22ClNO5S2/c1-5-26-19(24)15-11(3)16(20(25)27-6-2)29-18(15)22-17(23)12(4)28-14-9-7-13(21)8-10-14/h7-10,12H,5-6H2,1-4H3,(H,22,23)/t12-/m1/s1. The minimum absolute atomic E-state index is 0.178. The third-order valence-corrected chi connectivity index (χ3v) is 6.37. The molecule has 1 amide bonds. The van der Waals surface area contributed by atoms with Crippen LogP contribution < -0.4 is 5.32 Å². The van der Waals surface area contributed by atoms with Crippen LogP contribution in [0.4, 0.5) is 5.00 Å². The first kappa shape index (κ1) is 23.3. The highest BCUT2D eigenvalue weighted by atomic mass is 35.5. The Balaban J connectivity index is 2.25. The van der Waals surface area contributed by atoms with Crippen LogP contribution in [0.3, 0.4) is 0 Å². The topological polar surface area (TPSA) is 81.7 Å². The average molecular weight is 456 g/mol. The van der Waals surface area contributed by atoms with Crippen LogP contribution in [0.2, 0.25) is 5.02 Å². The van der Waals surface area contributed by atoms with Gasteiger partial charge >= 0.3 is 11.9 Å². The van der Waals surface area contributed by atoms with Gasteiger partial charge in [-0.1, -0.05) is 11.6 Å². The Morgan fingerprint density at radius 2 is 1.69 bits per heavy atom. The van der Waals surface area contributed by atoms with Gasteiger partial charge in [0.25, 0.3) is 0 Å². The number of esters is 2. The van der Waals surface area contributed by atoms with Crippen molar-refractivity contribution in [2.24, 2.45) is 0 Å². The van der Waals surface area contributed by atoms with Crippen molar-refractivity contribution in [3.05, 3.63) is 45.3 Å². The van der Waals surface area contributed by atoms with Gasteiger partial charge in [-0.2, -0.15) is 0 Å². The van der Waals surface area contributed by atoms with E-state index in [1.807, 2.05) is 12.1 Å². The van der Waals surface area contributed by atoms with Crippen LogP contribution in [0.15, 0.2) is 29.2 Å². The van der Waals surface area contributed by atoms with Crippen LogP contribution in [0.5, 0.6) is 0 Å². The zero-order chi connectivity index (χ0) is 21.6. The molecule has 1 N–H and O–H groups in total. The van der Waals surface area contributed by atoms with Crippen LogP contribution >= 0.6 is 34.7 Å². The second kappa shape index (κ2) is 10.7. The monoisotopic (exact) mass is 455 g/mol. The third-order valence-electron chi connectivity index (χ3n) is 3.82. The van der Waals surface area contributed by atoms with Gasteiger partial charge < -0.3 is 14.8 Å². The summed E-state index contributed by atoms with van der Waals surface area (Å²) < 4.78 is 10.1. The zero-order valence-corrected chi connectivity index (χ0v) is 18.9. The number of carbonyl (C=O) groups is 3. The molecule has 29 heavy (non-hydrogen) atoms. The highest BCUT2D eigenvalue weighted by Crippen LogP contribution is 2.35. The summed E-state index contributed by atoms with van der Waals surface area (Å²) in [6.45, 7) is 7.17. The molecule has 156 valence electrons. The van der Waals surface area contributed by atoms with Gasteiger partial charge in [-0.15, -0.1) is 23.1 Å². The van der Waals surface area contributed by atoms with Gasteiger partial charge in [0.2, 0.25) is 5.91 Å². The number of carbonyl (C=O) groups excluding carboxylic acids is 3. The molecule has 0 saturated heterocycles. The summed E-state index contributed by atoms with van der Waals surface area (Å²) >= 11 is 8.25. The number of nitrogens with one attached hydrogen (secondary N) is 1. The smallest absolute Gasteiger partial charge is 0.348 e. The summed E-state index contributed by atoms with van der Waals surface area (Å²) in [6.07, 6.45) is 0. The Morgan fingerprint density at radius 3 is 2.28 bits per heavy atom. The molecule has 1 heterocycles. The van der Waals surface area contributed by atoms with Crippen molar-refractivity contribution < 1.29 is 23.9 Å². The van der Waals surface area contributed by atoms with Crippen LogP contribution in [0, 0.1) is 6.92 Å².